The third-order valence-electron chi connectivity index (χ3n) is 1.67. The molecule has 0 fully saturated rings. The van der Waals surface area contributed by atoms with Gasteiger partial charge in [0, 0.05) is 6.07 Å². The minimum Gasteiger partial charge on any atom is -0.481 e. The van der Waals surface area contributed by atoms with Crippen molar-refractivity contribution in [2.45, 2.75) is 6.92 Å². The molecular formula is C10H9FO4. The van der Waals surface area contributed by atoms with Crippen molar-refractivity contribution >= 4 is 11.8 Å². The van der Waals surface area contributed by atoms with Crippen molar-refractivity contribution in [3.05, 3.63) is 29.6 Å². The van der Waals surface area contributed by atoms with E-state index >= 15 is 0 Å². The topological polar surface area (TPSA) is 63.6 Å². The van der Waals surface area contributed by atoms with Crippen LogP contribution in [-0.2, 0) is 4.79 Å². The third kappa shape index (κ3) is 3.05. The highest BCUT2D eigenvalue weighted by Gasteiger charge is 2.10. The Morgan fingerprint density at radius 1 is 1.47 bits per heavy atom. The van der Waals surface area contributed by atoms with Gasteiger partial charge in [0.1, 0.15) is 11.6 Å². The van der Waals surface area contributed by atoms with Crippen LogP contribution in [0.3, 0.4) is 0 Å². The zero-order valence-corrected chi connectivity index (χ0v) is 7.99. The van der Waals surface area contributed by atoms with Crippen LogP contribution >= 0.6 is 0 Å². The van der Waals surface area contributed by atoms with E-state index in [0.29, 0.717) is 0 Å². The van der Waals surface area contributed by atoms with E-state index in [1.54, 1.807) is 0 Å². The van der Waals surface area contributed by atoms with Crippen LogP contribution in [0.1, 0.15) is 17.3 Å². The third-order valence-corrected chi connectivity index (χ3v) is 1.67. The Balaban J connectivity index is 2.96. The van der Waals surface area contributed by atoms with Crippen molar-refractivity contribution in [2.75, 3.05) is 6.61 Å². The fourth-order valence-electron chi connectivity index (χ4n) is 1.05. The number of Topliss-reactive ketones (excluding diaryl/α,β-unsaturated/α-hetero) is 1. The summed E-state index contributed by atoms with van der Waals surface area (Å²) in [5, 5.41) is 8.37. The zero-order valence-electron chi connectivity index (χ0n) is 7.99. The van der Waals surface area contributed by atoms with Gasteiger partial charge in [0.15, 0.2) is 12.4 Å². The van der Waals surface area contributed by atoms with E-state index in [-0.39, 0.29) is 17.1 Å². The number of benzene rings is 1. The maximum atomic E-state index is 12.8. The number of carbonyl (C=O) groups is 2. The quantitative estimate of drug-likeness (QED) is 0.768. The Morgan fingerprint density at radius 3 is 2.67 bits per heavy atom. The zero-order chi connectivity index (χ0) is 11.4. The molecule has 0 radical (unpaired) electrons. The number of carboxylic acids is 1. The molecule has 0 spiro atoms. The molecular weight excluding hydrogens is 203 g/mol. The van der Waals surface area contributed by atoms with E-state index in [4.69, 9.17) is 9.84 Å². The highest BCUT2D eigenvalue weighted by Crippen LogP contribution is 2.20. The van der Waals surface area contributed by atoms with Gasteiger partial charge in [-0.2, -0.15) is 0 Å². The van der Waals surface area contributed by atoms with Crippen LogP contribution in [0.4, 0.5) is 4.39 Å². The molecule has 1 aromatic carbocycles. The van der Waals surface area contributed by atoms with Crippen LogP contribution in [0.2, 0.25) is 0 Å². The average molecular weight is 212 g/mol. The molecule has 0 aliphatic heterocycles. The summed E-state index contributed by atoms with van der Waals surface area (Å²) in [5.41, 5.74) is 0.164. The summed E-state index contributed by atoms with van der Waals surface area (Å²) in [6, 6.07) is 3.36. The van der Waals surface area contributed by atoms with Crippen LogP contribution < -0.4 is 4.74 Å². The molecule has 0 unspecified atom stereocenters. The van der Waals surface area contributed by atoms with E-state index in [9.17, 15) is 14.0 Å². The molecule has 0 amide bonds. The molecule has 1 N–H and O–H groups in total. The standard InChI is InChI=1S/C10H9FO4/c1-6(12)8-3-2-7(11)4-9(8)15-5-10(13)14/h2-4H,5H2,1H3,(H,13,14). The van der Waals surface area contributed by atoms with E-state index in [0.717, 1.165) is 12.1 Å². The average Bonchev–Trinajstić information content (AvgIpc) is 2.14. The summed E-state index contributed by atoms with van der Waals surface area (Å²) < 4.78 is 17.6. The second-order valence-electron chi connectivity index (χ2n) is 2.88. The largest absolute Gasteiger partial charge is 0.481 e. The van der Waals surface area contributed by atoms with Gasteiger partial charge in [-0.15, -0.1) is 0 Å². The van der Waals surface area contributed by atoms with Gasteiger partial charge in [0.25, 0.3) is 0 Å². The van der Waals surface area contributed by atoms with Gasteiger partial charge >= 0.3 is 5.97 Å². The number of hydrogen-bond donors (Lipinski definition) is 1. The summed E-state index contributed by atoms with van der Waals surface area (Å²) >= 11 is 0. The smallest absolute Gasteiger partial charge is 0.341 e. The fraction of sp³-hybridized carbons (Fsp3) is 0.200. The van der Waals surface area contributed by atoms with Crippen molar-refractivity contribution in [2.24, 2.45) is 0 Å². The summed E-state index contributed by atoms with van der Waals surface area (Å²) in [6.45, 7) is 0.685. The van der Waals surface area contributed by atoms with Crippen LogP contribution in [0, 0.1) is 5.82 Å². The van der Waals surface area contributed by atoms with Gasteiger partial charge in [-0.05, 0) is 19.1 Å². The monoisotopic (exact) mass is 212 g/mol. The maximum Gasteiger partial charge on any atom is 0.341 e. The summed E-state index contributed by atoms with van der Waals surface area (Å²) in [7, 11) is 0. The van der Waals surface area contributed by atoms with Crippen LogP contribution in [0.5, 0.6) is 5.75 Å². The van der Waals surface area contributed by atoms with Gasteiger partial charge in [-0.25, -0.2) is 9.18 Å². The number of carbonyl (C=O) groups excluding carboxylic acids is 1. The molecule has 0 aromatic heterocycles. The molecule has 0 bridgehead atoms. The van der Waals surface area contributed by atoms with Crippen molar-refractivity contribution in [1.29, 1.82) is 0 Å². The predicted molar refractivity (Wildman–Crippen MR) is 49.5 cm³/mol. The molecule has 80 valence electrons. The Hall–Kier alpha value is -1.91. The van der Waals surface area contributed by atoms with Gasteiger partial charge in [0.2, 0.25) is 0 Å². The van der Waals surface area contributed by atoms with Crippen LogP contribution in [-0.4, -0.2) is 23.5 Å². The lowest BCUT2D eigenvalue weighted by atomic mass is 10.1. The molecule has 0 heterocycles. The normalized spacial score (nSPS) is 9.73. The van der Waals surface area contributed by atoms with Crippen LogP contribution in [0.25, 0.3) is 0 Å². The first-order chi connectivity index (χ1) is 7.00. The van der Waals surface area contributed by atoms with Crippen molar-refractivity contribution in [3.63, 3.8) is 0 Å². The molecule has 0 atom stereocenters. The SMILES string of the molecule is CC(=O)c1ccc(F)cc1OCC(=O)O. The van der Waals surface area contributed by atoms with Crippen molar-refractivity contribution < 1.29 is 23.8 Å². The molecule has 0 saturated carbocycles. The molecule has 0 aliphatic carbocycles. The van der Waals surface area contributed by atoms with Gasteiger partial charge < -0.3 is 9.84 Å². The van der Waals surface area contributed by atoms with Gasteiger partial charge in [-0.1, -0.05) is 0 Å². The Morgan fingerprint density at radius 2 is 2.13 bits per heavy atom. The van der Waals surface area contributed by atoms with Gasteiger partial charge in [0.05, 0.1) is 5.56 Å². The minimum atomic E-state index is -1.19. The van der Waals surface area contributed by atoms with E-state index in [1.807, 2.05) is 0 Å². The number of aliphatic carboxylic acids is 1. The number of ether oxygens (including phenoxy) is 1. The first-order valence-corrected chi connectivity index (χ1v) is 4.16. The lowest BCUT2D eigenvalue weighted by Crippen LogP contribution is -2.11. The Kier molecular flexibility index (Phi) is 3.38. The molecule has 15 heavy (non-hydrogen) atoms. The lowest BCUT2D eigenvalue weighted by Gasteiger charge is -2.07. The van der Waals surface area contributed by atoms with Crippen molar-refractivity contribution in [3.8, 4) is 5.75 Å². The second kappa shape index (κ2) is 4.54. The first-order valence-electron chi connectivity index (χ1n) is 4.16. The Bertz CT molecular complexity index is 400. The molecule has 1 aromatic rings. The van der Waals surface area contributed by atoms with E-state index < -0.39 is 18.4 Å². The molecule has 0 saturated heterocycles. The van der Waals surface area contributed by atoms with Crippen LogP contribution in [0.15, 0.2) is 18.2 Å². The van der Waals surface area contributed by atoms with Crippen molar-refractivity contribution in [1.82, 2.24) is 0 Å². The fourth-order valence-corrected chi connectivity index (χ4v) is 1.05. The molecule has 4 nitrogen and oxygen atoms in total. The number of hydrogen-bond acceptors (Lipinski definition) is 3. The number of rotatable bonds is 4. The van der Waals surface area contributed by atoms with Gasteiger partial charge in [-0.3, -0.25) is 4.79 Å². The molecule has 1 rings (SSSR count). The molecule has 5 heteroatoms. The summed E-state index contributed by atoms with van der Waals surface area (Å²) in [6.07, 6.45) is 0. The summed E-state index contributed by atoms with van der Waals surface area (Å²) in [4.78, 5) is 21.3. The van der Waals surface area contributed by atoms with E-state index in [2.05, 4.69) is 0 Å². The highest BCUT2D eigenvalue weighted by molar-refractivity contribution is 5.96. The Labute approximate surface area is 85.3 Å². The highest BCUT2D eigenvalue weighted by atomic mass is 19.1. The second-order valence-corrected chi connectivity index (χ2v) is 2.88. The maximum absolute atomic E-state index is 12.8. The minimum absolute atomic E-state index is 0.0510. The lowest BCUT2D eigenvalue weighted by molar-refractivity contribution is -0.139. The molecule has 0 aliphatic rings. The van der Waals surface area contributed by atoms with E-state index in [1.165, 1.54) is 13.0 Å². The number of ketones is 1. The first kappa shape index (κ1) is 11.2. The number of carboxylic acid groups (broad SMARTS) is 1. The predicted octanol–water partition coefficient (Wildman–Crippen LogP) is 1.49. The number of halogens is 1. The summed E-state index contributed by atoms with van der Waals surface area (Å²) in [5.74, 6) is -2.13.